The average molecular weight is 271 g/mol. The van der Waals surface area contributed by atoms with Crippen LogP contribution in [0.15, 0.2) is 6.07 Å². The minimum atomic E-state index is -0.296. The molecule has 2 nitrogen and oxygen atoms in total. The molecule has 100 valence electrons. The number of piperazine rings is 1. The van der Waals surface area contributed by atoms with Gasteiger partial charge < -0.3 is 10.2 Å². The van der Waals surface area contributed by atoms with Gasteiger partial charge in [0.05, 0.1) is 5.02 Å². The van der Waals surface area contributed by atoms with Gasteiger partial charge >= 0.3 is 0 Å². The molecule has 0 amide bonds. The largest absolute Gasteiger partial charge is 0.314 e. The van der Waals surface area contributed by atoms with Crippen LogP contribution in [0, 0.1) is 19.7 Å². The van der Waals surface area contributed by atoms with Gasteiger partial charge in [0.1, 0.15) is 5.82 Å². The van der Waals surface area contributed by atoms with E-state index in [0.29, 0.717) is 5.02 Å². The first-order valence-corrected chi connectivity index (χ1v) is 6.84. The van der Waals surface area contributed by atoms with Gasteiger partial charge in [-0.05, 0) is 43.0 Å². The molecule has 0 aliphatic carbocycles. The molecule has 0 spiro atoms. The second-order valence-corrected chi connectivity index (χ2v) is 5.31. The molecule has 1 aliphatic rings. The van der Waals surface area contributed by atoms with E-state index >= 15 is 0 Å². The van der Waals surface area contributed by atoms with Gasteiger partial charge in [0.25, 0.3) is 0 Å². The Kier molecular flexibility index (Phi) is 4.60. The van der Waals surface area contributed by atoms with Gasteiger partial charge in [-0.2, -0.15) is 0 Å². The van der Waals surface area contributed by atoms with E-state index in [2.05, 4.69) is 10.2 Å². The highest BCUT2D eigenvalue weighted by atomic mass is 35.5. The zero-order chi connectivity index (χ0) is 13.1. The van der Waals surface area contributed by atoms with Crippen molar-refractivity contribution in [2.45, 2.75) is 20.3 Å². The summed E-state index contributed by atoms with van der Waals surface area (Å²) in [6.07, 6.45) is 0.823. The van der Waals surface area contributed by atoms with Crippen LogP contribution in [0.5, 0.6) is 0 Å². The van der Waals surface area contributed by atoms with Crippen molar-refractivity contribution in [1.82, 2.24) is 10.2 Å². The Balaban J connectivity index is 2.08. The molecule has 1 aromatic carbocycles. The third-order valence-electron chi connectivity index (χ3n) is 3.75. The zero-order valence-electron chi connectivity index (χ0n) is 11.0. The molecule has 0 bridgehead atoms. The second kappa shape index (κ2) is 6.00. The molecule has 1 aromatic rings. The molecule has 0 aromatic heterocycles. The van der Waals surface area contributed by atoms with E-state index < -0.39 is 0 Å². The van der Waals surface area contributed by atoms with Crippen molar-refractivity contribution < 1.29 is 4.39 Å². The van der Waals surface area contributed by atoms with Crippen LogP contribution < -0.4 is 5.32 Å². The predicted molar refractivity (Wildman–Crippen MR) is 73.9 cm³/mol. The molecule has 1 heterocycles. The van der Waals surface area contributed by atoms with Gasteiger partial charge in [0, 0.05) is 32.7 Å². The van der Waals surface area contributed by atoms with Crippen molar-refractivity contribution in [2.75, 3.05) is 32.7 Å². The number of halogens is 2. The molecule has 1 saturated heterocycles. The zero-order valence-corrected chi connectivity index (χ0v) is 11.8. The third-order valence-corrected chi connectivity index (χ3v) is 4.16. The number of hydrogen-bond donors (Lipinski definition) is 1. The van der Waals surface area contributed by atoms with Gasteiger partial charge in [-0.1, -0.05) is 11.6 Å². The van der Waals surface area contributed by atoms with Crippen molar-refractivity contribution in [3.63, 3.8) is 0 Å². The highest BCUT2D eigenvalue weighted by molar-refractivity contribution is 6.31. The van der Waals surface area contributed by atoms with Gasteiger partial charge in [-0.25, -0.2) is 4.39 Å². The molecule has 2 rings (SSSR count). The van der Waals surface area contributed by atoms with Crippen LogP contribution in [0.4, 0.5) is 4.39 Å². The number of benzene rings is 1. The molecule has 0 atom stereocenters. The molecule has 0 saturated carbocycles. The Morgan fingerprint density at radius 3 is 2.67 bits per heavy atom. The van der Waals surface area contributed by atoms with Gasteiger partial charge in [-0.3, -0.25) is 0 Å². The SMILES string of the molecule is Cc1cc(F)c(Cl)c(CCN2CCNCC2)c1C. The van der Waals surface area contributed by atoms with E-state index in [0.717, 1.165) is 55.8 Å². The lowest BCUT2D eigenvalue weighted by Gasteiger charge is -2.27. The summed E-state index contributed by atoms with van der Waals surface area (Å²) in [5, 5.41) is 3.63. The Labute approximate surface area is 113 Å². The Morgan fingerprint density at radius 1 is 1.33 bits per heavy atom. The molecule has 1 fully saturated rings. The maximum atomic E-state index is 13.6. The van der Waals surface area contributed by atoms with E-state index in [4.69, 9.17) is 11.6 Å². The summed E-state index contributed by atoms with van der Waals surface area (Å²) in [6.45, 7) is 9.10. The summed E-state index contributed by atoms with van der Waals surface area (Å²) >= 11 is 6.08. The fourth-order valence-electron chi connectivity index (χ4n) is 2.41. The quantitative estimate of drug-likeness (QED) is 0.908. The summed E-state index contributed by atoms with van der Waals surface area (Å²) in [5.74, 6) is -0.296. The maximum Gasteiger partial charge on any atom is 0.142 e. The average Bonchev–Trinajstić information content (AvgIpc) is 2.38. The van der Waals surface area contributed by atoms with Crippen LogP contribution in [-0.2, 0) is 6.42 Å². The first-order valence-electron chi connectivity index (χ1n) is 6.46. The molecular formula is C14H20ClFN2. The molecule has 0 radical (unpaired) electrons. The number of nitrogens with zero attached hydrogens (tertiary/aromatic N) is 1. The van der Waals surface area contributed by atoms with Crippen LogP contribution >= 0.6 is 11.6 Å². The minimum Gasteiger partial charge on any atom is -0.314 e. The van der Waals surface area contributed by atoms with Crippen molar-refractivity contribution in [2.24, 2.45) is 0 Å². The Hall–Kier alpha value is -0.640. The standard InChI is InChI=1S/C14H20ClFN2/c1-10-9-13(16)14(15)12(11(10)2)3-6-18-7-4-17-5-8-18/h9,17H,3-8H2,1-2H3. The first kappa shape index (κ1) is 13.8. The lowest BCUT2D eigenvalue weighted by Crippen LogP contribution is -2.44. The van der Waals surface area contributed by atoms with Gasteiger partial charge in [0.15, 0.2) is 0 Å². The van der Waals surface area contributed by atoms with E-state index in [9.17, 15) is 4.39 Å². The Morgan fingerprint density at radius 2 is 2.00 bits per heavy atom. The molecule has 0 unspecified atom stereocenters. The van der Waals surface area contributed by atoms with Crippen LogP contribution in [-0.4, -0.2) is 37.6 Å². The molecule has 4 heteroatoms. The summed E-state index contributed by atoms with van der Waals surface area (Å²) in [4.78, 5) is 2.40. The van der Waals surface area contributed by atoms with E-state index in [-0.39, 0.29) is 5.82 Å². The first-order chi connectivity index (χ1) is 8.59. The van der Waals surface area contributed by atoms with E-state index in [1.807, 2.05) is 13.8 Å². The van der Waals surface area contributed by atoms with Crippen molar-refractivity contribution >= 4 is 11.6 Å². The Bertz CT molecular complexity index is 402. The number of rotatable bonds is 3. The predicted octanol–water partition coefficient (Wildman–Crippen LogP) is 2.54. The van der Waals surface area contributed by atoms with Crippen molar-refractivity contribution in [3.05, 3.63) is 33.6 Å². The summed E-state index contributed by atoms with van der Waals surface area (Å²) in [6, 6.07) is 1.52. The number of hydrogen-bond acceptors (Lipinski definition) is 2. The topological polar surface area (TPSA) is 15.3 Å². The van der Waals surface area contributed by atoms with Crippen LogP contribution in [0.1, 0.15) is 16.7 Å². The van der Waals surface area contributed by atoms with Crippen LogP contribution in [0.25, 0.3) is 0 Å². The highest BCUT2D eigenvalue weighted by Crippen LogP contribution is 2.26. The van der Waals surface area contributed by atoms with Gasteiger partial charge in [-0.15, -0.1) is 0 Å². The fourth-order valence-corrected chi connectivity index (χ4v) is 2.70. The summed E-state index contributed by atoms with van der Waals surface area (Å²) < 4.78 is 13.6. The second-order valence-electron chi connectivity index (χ2n) is 4.93. The smallest absolute Gasteiger partial charge is 0.142 e. The lowest BCUT2D eigenvalue weighted by atomic mass is 10.00. The van der Waals surface area contributed by atoms with Crippen LogP contribution in [0.3, 0.4) is 0 Å². The summed E-state index contributed by atoms with van der Waals surface area (Å²) in [7, 11) is 0. The molecule has 1 aliphatic heterocycles. The van der Waals surface area contributed by atoms with Crippen molar-refractivity contribution in [3.8, 4) is 0 Å². The molecular weight excluding hydrogens is 251 g/mol. The lowest BCUT2D eigenvalue weighted by molar-refractivity contribution is 0.243. The third kappa shape index (κ3) is 3.02. The fraction of sp³-hybridized carbons (Fsp3) is 0.571. The maximum absolute atomic E-state index is 13.6. The highest BCUT2D eigenvalue weighted by Gasteiger charge is 2.15. The number of aryl methyl sites for hydroxylation is 1. The van der Waals surface area contributed by atoms with Crippen LogP contribution in [0.2, 0.25) is 5.02 Å². The molecule has 18 heavy (non-hydrogen) atoms. The minimum absolute atomic E-state index is 0.296. The summed E-state index contributed by atoms with van der Waals surface area (Å²) in [5.41, 5.74) is 3.07. The number of nitrogens with one attached hydrogen (secondary N) is 1. The monoisotopic (exact) mass is 270 g/mol. The van der Waals surface area contributed by atoms with Gasteiger partial charge in [0.2, 0.25) is 0 Å². The normalized spacial score (nSPS) is 17.1. The molecule has 1 N–H and O–H groups in total. The van der Waals surface area contributed by atoms with E-state index in [1.54, 1.807) is 0 Å². The van der Waals surface area contributed by atoms with E-state index in [1.165, 1.54) is 6.07 Å². The van der Waals surface area contributed by atoms with Crippen molar-refractivity contribution in [1.29, 1.82) is 0 Å².